The van der Waals surface area contributed by atoms with Gasteiger partial charge in [0.05, 0.1) is 11.7 Å². The Morgan fingerprint density at radius 2 is 1.89 bits per heavy atom. The van der Waals surface area contributed by atoms with Crippen molar-refractivity contribution in [3.8, 4) is 5.75 Å². The Hall–Kier alpha value is -1.81. The fourth-order valence-electron chi connectivity index (χ4n) is 1.80. The average molecular weight is 284 g/mol. The van der Waals surface area contributed by atoms with Gasteiger partial charge in [-0.15, -0.1) is 0 Å². The molecular weight excluding hydrogens is 272 g/mol. The van der Waals surface area contributed by atoms with Crippen molar-refractivity contribution in [3.63, 3.8) is 0 Å². The molecule has 0 heterocycles. The molecule has 0 spiro atoms. The molecule has 100 valence electrons. The van der Waals surface area contributed by atoms with Crippen molar-refractivity contribution in [2.75, 3.05) is 5.32 Å². The van der Waals surface area contributed by atoms with Crippen LogP contribution in [0.25, 0.3) is 0 Å². The number of nitrogens with one attached hydrogen (secondary N) is 1. The van der Waals surface area contributed by atoms with Crippen molar-refractivity contribution in [2.45, 2.75) is 13.0 Å². The number of anilines is 1. The maximum Gasteiger partial charge on any atom is 0.147 e. The van der Waals surface area contributed by atoms with Gasteiger partial charge in [-0.1, -0.05) is 17.7 Å². The fraction of sp³-hybridized carbons (Fsp3) is 0.143. The van der Waals surface area contributed by atoms with Gasteiger partial charge in [0.2, 0.25) is 0 Å². The van der Waals surface area contributed by atoms with E-state index in [4.69, 9.17) is 11.6 Å². The molecule has 0 saturated carbocycles. The molecule has 5 heteroatoms. The lowest BCUT2D eigenvalue weighted by Gasteiger charge is -2.17. The molecule has 2 aromatic carbocycles. The minimum Gasteiger partial charge on any atom is -0.507 e. The summed E-state index contributed by atoms with van der Waals surface area (Å²) in [6.07, 6.45) is 0. The van der Waals surface area contributed by atoms with Crippen molar-refractivity contribution < 1.29 is 13.9 Å². The Bertz CT molecular complexity index is 604. The van der Waals surface area contributed by atoms with Crippen LogP contribution in [0.15, 0.2) is 36.4 Å². The Labute approximate surface area is 114 Å². The van der Waals surface area contributed by atoms with Crippen LogP contribution in [0.1, 0.15) is 18.5 Å². The molecule has 19 heavy (non-hydrogen) atoms. The number of hydrogen-bond donors (Lipinski definition) is 2. The van der Waals surface area contributed by atoms with Crippen molar-refractivity contribution in [3.05, 3.63) is 58.6 Å². The van der Waals surface area contributed by atoms with Crippen LogP contribution in [0.4, 0.5) is 14.5 Å². The molecule has 1 unspecified atom stereocenters. The van der Waals surface area contributed by atoms with E-state index in [1.165, 1.54) is 24.3 Å². The lowest BCUT2D eigenvalue weighted by atomic mass is 10.1. The number of halogens is 3. The zero-order valence-corrected chi connectivity index (χ0v) is 10.9. The monoisotopic (exact) mass is 283 g/mol. The molecular formula is C14H12ClF2NO. The van der Waals surface area contributed by atoms with Crippen LogP contribution in [0.3, 0.4) is 0 Å². The van der Waals surface area contributed by atoms with Crippen LogP contribution in [-0.2, 0) is 0 Å². The van der Waals surface area contributed by atoms with E-state index < -0.39 is 11.6 Å². The van der Waals surface area contributed by atoms with Gasteiger partial charge >= 0.3 is 0 Å². The molecule has 2 nitrogen and oxygen atoms in total. The number of benzene rings is 2. The fourth-order valence-corrected chi connectivity index (χ4v) is 1.96. The van der Waals surface area contributed by atoms with Crippen LogP contribution in [0.5, 0.6) is 5.75 Å². The quantitative estimate of drug-likeness (QED) is 0.869. The first-order valence-corrected chi connectivity index (χ1v) is 6.05. The van der Waals surface area contributed by atoms with E-state index in [2.05, 4.69) is 5.32 Å². The second-order valence-corrected chi connectivity index (χ2v) is 4.63. The molecule has 0 aromatic heterocycles. The molecule has 0 bridgehead atoms. The third kappa shape index (κ3) is 3.15. The highest BCUT2D eigenvalue weighted by Gasteiger charge is 2.13. The summed E-state index contributed by atoms with van der Waals surface area (Å²) in [5.74, 6) is -1.18. The van der Waals surface area contributed by atoms with Crippen LogP contribution in [0.2, 0.25) is 5.02 Å². The summed E-state index contributed by atoms with van der Waals surface area (Å²) in [6.45, 7) is 1.74. The number of phenols is 1. The van der Waals surface area contributed by atoms with E-state index in [9.17, 15) is 13.9 Å². The zero-order chi connectivity index (χ0) is 14.0. The second kappa shape index (κ2) is 5.45. The summed E-state index contributed by atoms with van der Waals surface area (Å²) in [7, 11) is 0. The first kappa shape index (κ1) is 13.6. The molecule has 0 amide bonds. The number of rotatable bonds is 3. The summed E-state index contributed by atoms with van der Waals surface area (Å²) in [5.41, 5.74) is 0.747. The van der Waals surface area contributed by atoms with Gasteiger partial charge in [-0.2, -0.15) is 0 Å². The SMILES string of the molecule is CC(Nc1ccc(Cl)cc1F)c1ccc(F)cc1O. The van der Waals surface area contributed by atoms with Gasteiger partial charge in [0.15, 0.2) is 0 Å². The molecule has 0 aliphatic rings. The smallest absolute Gasteiger partial charge is 0.147 e. The molecule has 0 aliphatic heterocycles. The van der Waals surface area contributed by atoms with Crippen molar-refractivity contribution in [2.24, 2.45) is 0 Å². The topological polar surface area (TPSA) is 32.3 Å². The Balaban J connectivity index is 2.23. The third-order valence-electron chi connectivity index (χ3n) is 2.76. The number of hydrogen-bond acceptors (Lipinski definition) is 2. The third-order valence-corrected chi connectivity index (χ3v) is 3.00. The molecule has 1 atom stereocenters. The number of aromatic hydroxyl groups is 1. The molecule has 2 rings (SSSR count). The van der Waals surface area contributed by atoms with E-state index in [1.807, 2.05) is 0 Å². The molecule has 0 fully saturated rings. The lowest BCUT2D eigenvalue weighted by molar-refractivity contribution is 0.459. The zero-order valence-electron chi connectivity index (χ0n) is 10.1. The number of phenolic OH excluding ortho intramolecular Hbond substituents is 1. The lowest BCUT2D eigenvalue weighted by Crippen LogP contribution is -2.08. The minimum atomic E-state index is -0.522. The van der Waals surface area contributed by atoms with E-state index in [-0.39, 0.29) is 17.5 Å². The van der Waals surface area contributed by atoms with E-state index in [0.717, 1.165) is 6.07 Å². The summed E-state index contributed by atoms with van der Waals surface area (Å²) < 4.78 is 26.5. The highest BCUT2D eigenvalue weighted by Crippen LogP contribution is 2.29. The predicted molar refractivity (Wildman–Crippen MR) is 71.5 cm³/mol. The van der Waals surface area contributed by atoms with Gasteiger partial charge in [0, 0.05) is 16.7 Å². The Morgan fingerprint density at radius 3 is 2.53 bits per heavy atom. The summed E-state index contributed by atoms with van der Waals surface area (Å²) in [4.78, 5) is 0. The second-order valence-electron chi connectivity index (χ2n) is 4.19. The average Bonchev–Trinajstić information content (AvgIpc) is 2.32. The maximum atomic E-state index is 13.6. The van der Waals surface area contributed by atoms with Crippen molar-refractivity contribution in [1.82, 2.24) is 0 Å². The molecule has 0 saturated heterocycles. The molecule has 2 aromatic rings. The summed E-state index contributed by atoms with van der Waals surface area (Å²) >= 11 is 5.66. The van der Waals surface area contributed by atoms with E-state index >= 15 is 0 Å². The van der Waals surface area contributed by atoms with E-state index in [0.29, 0.717) is 10.6 Å². The van der Waals surface area contributed by atoms with Crippen LogP contribution < -0.4 is 5.32 Å². The predicted octanol–water partition coefficient (Wildman–Crippen LogP) is 4.50. The summed E-state index contributed by atoms with van der Waals surface area (Å²) in [5, 5.41) is 12.9. The van der Waals surface area contributed by atoms with Gasteiger partial charge in [0.1, 0.15) is 17.4 Å². The van der Waals surface area contributed by atoms with Gasteiger partial charge in [-0.3, -0.25) is 0 Å². The van der Waals surface area contributed by atoms with Crippen LogP contribution in [0, 0.1) is 11.6 Å². The highest BCUT2D eigenvalue weighted by atomic mass is 35.5. The molecule has 0 aliphatic carbocycles. The summed E-state index contributed by atoms with van der Waals surface area (Å²) in [6, 6.07) is 7.60. The van der Waals surface area contributed by atoms with Gasteiger partial charge < -0.3 is 10.4 Å². The Morgan fingerprint density at radius 1 is 1.16 bits per heavy atom. The molecule has 2 N–H and O–H groups in total. The molecule has 0 radical (unpaired) electrons. The van der Waals surface area contributed by atoms with Crippen LogP contribution >= 0.6 is 11.6 Å². The maximum absolute atomic E-state index is 13.6. The Kier molecular flexibility index (Phi) is 3.90. The standard InChI is InChI=1S/C14H12ClF2NO/c1-8(11-4-3-10(16)7-14(11)19)18-13-5-2-9(15)6-12(13)17/h2-8,18-19H,1H3. The van der Waals surface area contributed by atoms with Crippen LogP contribution in [-0.4, -0.2) is 5.11 Å². The largest absolute Gasteiger partial charge is 0.507 e. The van der Waals surface area contributed by atoms with Gasteiger partial charge in [-0.05, 0) is 31.2 Å². The normalized spacial score (nSPS) is 12.2. The van der Waals surface area contributed by atoms with Gasteiger partial charge in [-0.25, -0.2) is 8.78 Å². The first-order valence-electron chi connectivity index (χ1n) is 5.67. The first-order chi connectivity index (χ1) is 8.97. The highest BCUT2D eigenvalue weighted by molar-refractivity contribution is 6.30. The van der Waals surface area contributed by atoms with Crippen molar-refractivity contribution in [1.29, 1.82) is 0 Å². The minimum absolute atomic E-state index is 0.172. The van der Waals surface area contributed by atoms with E-state index in [1.54, 1.807) is 13.0 Å². The van der Waals surface area contributed by atoms with Crippen molar-refractivity contribution >= 4 is 17.3 Å². The van der Waals surface area contributed by atoms with Gasteiger partial charge in [0.25, 0.3) is 0 Å².